The second-order valence-electron chi connectivity index (χ2n) is 5.76. The van der Waals surface area contributed by atoms with Crippen molar-refractivity contribution in [3.63, 3.8) is 0 Å². The quantitative estimate of drug-likeness (QED) is 0.753. The topological polar surface area (TPSA) is 23.5 Å². The number of nitrogens with zero attached hydrogens (tertiary/aromatic N) is 1. The van der Waals surface area contributed by atoms with Crippen LogP contribution in [-0.4, -0.2) is 35.7 Å². The minimum absolute atomic E-state index is 0.0709. The van der Waals surface area contributed by atoms with Gasteiger partial charge in [0.05, 0.1) is 6.10 Å². The van der Waals surface area contributed by atoms with Gasteiger partial charge in [0.25, 0.3) is 0 Å². The average molecular weight is 199 g/mol. The fraction of sp³-hybridized carbons (Fsp3) is 1.00. The number of piperidine rings is 1. The van der Waals surface area contributed by atoms with E-state index in [0.29, 0.717) is 5.41 Å². The van der Waals surface area contributed by atoms with E-state index in [0.717, 1.165) is 25.9 Å². The molecule has 0 radical (unpaired) electrons. The summed E-state index contributed by atoms with van der Waals surface area (Å²) in [6.07, 6.45) is 4.63. The van der Waals surface area contributed by atoms with E-state index in [2.05, 4.69) is 25.7 Å². The van der Waals surface area contributed by atoms with Gasteiger partial charge in [-0.2, -0.15) is 0 Å². The molecule has 0 aromatic heterocycles. The third kappa shape index (κ3) is 4.97. The largest absolute Gasteiger partial charge is 0.392 e. The number of likely N-dealkylation sites (tertiary alicyclic amines) is 1. The van der Waals surface area contributed by atoms with Gasteiger partial charge in [-0.15, -0.1) is 0 Å². The molecule has 1 fully saturated rings. The smallest absolute Gasteiger partial charge is 0.0667 e. The van der Waals surface area contributed by atoms with Crippen molar-refractivity contribution in [3.05, 3.63) is 0 Å². The van der Waals surface area contributed by atoms with Crippen LogP contribution in [0, 0.1) is 5.41 Å². The first-order valence-corrected chi connectivity index (χ1v) is 5.88. The first-order chi connectivity index (χ1) is 6.47. The van der Waals surface area contributed by atoms with Crippen LogP contribution in [0.3, 0.4) is 0 Å². The highest BCUT2D eigenvalue weighted by Gasteiger charge is 2.17. The fourth-order valence-corrected chi connectivity index (χ4v) is 2.07. The summed E-state index contributed by atoms with van der Waals surface area (Å²) in [4.78, 5) is 2.40. The van der Waals surface area contributed by atoms with Crippen LogP contribution in [0.1, 0.15) is 46.5 Å². The predicted molar refractivity (Wildman–Crippen MR) is 60.4 cm³/mol. The van der Waals surface area contributed by atoms with Crippen LogP contribution in [-0.2, 0) is 0 Å². The van der Waals surface area contributed by atoms with E-state index in [-0.39, 0.29) is 6.10 Å². The molecule has 0 bridgehead atoms. The first-order valence-electron chi connectivity index (χ1n) is 5.88. The lowest BCUT2D eigenvalue weighted by atomic mass is 9.90. The summed E-state index contributed by atoms with van der Waals surface area (Å²) in [5, 5.41) is 9.50. The lowest BCUT2D eigenvalue weighted by molar-refractivity contribution is 0.0685. The Morgan fingerprint density at radius 2 is 2.07 bits per heavy atom. The van der Waals surface area contributed by atoms with Crippen LogP contribution < -0.4 is 0 Å². The summed E-state index contributed by atoms with van der Waals surface area (Å²) in [7, 11) is 0. The summed E-state index contributed by atoms with van der Waals surface area (Å²) < 4.78 is 0. The number of rotatable bonds is 3. The van der Waals surface area contributed by atoms with Crippen molar-refractivity contribution in [1.82, 2.24) is 4.90 Å². The predicted octanol–water partition coefficient (Wildman–Crippen LogP) is 2.27. The van der Waals surface area contributed by atoms with Gasteiger partial charge in [0.2, 0.25) is 0 Å². The molecule has 0 aliphatic carbocycles. The minimum Gasteiger partial charge on any atom is -0.392 e. The third-order valence-electron chi connectivity index (χ3n) is 2.88. The van der Waals surface area contributed by atoms with Crippen LogP contribution in [0.25, 0.3) is 0 Å². The second kappa shape index (κ2) is 5.13. The van der Waals surface area contributed by atoms with E-state index in [1.54, 1.807) is 0 Å². The number of hydrogen-bond acceptors (Lipinski definition) is 2. The Labute approximate surface area is 88.3 Å². The molecule has 1 atom stereocenters. The van der Waals surface area contributed by atoms with E-state index in [9.17, 15) is 5.11 Å². The Kier molecular flexibility index (Phi) is 4.39. The van der Waals surface area contributed by atoms with Crippen LogP contribution in [0.4, 0.5) is 0 Å². The molecule has 1 unspecified atom stereocenters. The monoisotopic (exact) mass is 199 g/mol. The van der Waals surface area contributed by atoms with Gasteiger partial charge >= 0.3 is 0 Å². The van der Waals surface area contributed by atoms with Crippen LogP contribution in [0.5, 0.6) is 0 Å². The van der Waals surface area contributed by atoms with Crippen LogP contribution in [0.15, 0.2) is 0 Å². The molecule has 1 heterocycles. The van der Waals surface area contributed by atoms with Crippen molar-refractivity contribution in [1.29, 1.82) is 0 Å². The third-order valence-corrected chi connectivity index (χ3v) is 2.88. The van der Waals surface area contributed by atoms with Crippen molar-refractivity contribution < 1.29 is 5.11 Å². The SMILES string of the molecule is CC(C)(C)CCCN1CCCC(O)C1. The summed E-state index contributed by atoms with van der Waals surface area (Å²) in [6, 6.07) is 0. The molecule has 1 aliphatic heterocycles. The van der Waals surface area contributed by atoms with E-state index in [1.165, 1.54) is 19.4 Å². The highest BCUT2D eigenvalue weighted by Crippen LogP contribution is 2.21. The number of β-amino-alcohol motifs (C(OH)–C–C–N with tert-alkyl or cyclic N) is 1. The van der Waals surface area contributed by atoms with Gasteiger partial charge in [0, 0.05) is 6.54 Å². The molecule has 84 valence electrons. The zero-order valence-corrected chi connectivity index (χ0v) is 9.92. The molecular weight excluding hydrogens is 174 g/mol. The van der Waals surface area contributed by atoms with E-state index >= 15 is 0 Å². The fourth-order valence-electron chi connectivity index (χ4n) is 2.07. The number of hydrogen-bond donors (Lipinski definition) is 1. The molecule has 0 aromatic carbocycles. The highest BCUT2D eigenvalue weighted by molar-refractivity contribution is 4.72. The van der Waals surface area contributed by atoms with Crippen molar-refractivity contribution in [2.75, 3.05) is 19.6 Å². The summed E-state index contributed by atoms with van der Waals surface area (Å²) >= 11 is 0. The number of aliphatic hydroxyl groups is 1. The van der Waals surface area contributed by atoms with Gasteiger partial charge in [-0.05, 0) is 44.2 Å². The van der Waals surface area contributed by atoms with E-state index in [4.69, 9.17) is 0 Å². The molecule has 1 saturated heterocycles. The summed E-state index contributed by atoms with van der Waals surface area (Å²) in [6.45, 7) is 10.1. The molecule has 1 aliphatic rings. The molecule has 0 aromatic rings. The number of aliphatic hydroxyl groups excluding tert-OH is 1. The summed E-state index contributed by atoms with van der Waals surface area (Å²) in [5.74, 6) is 0. The van der Waals surface area contributed by atoms with Crippen molar-refractivity contribution in [3.8, 4) is 0 Å². The Balaban J connectivity index is 2.12. The maximum absolute atomic E-state index is 9.50. The lowest BCUT2D eigenvalue weighted by Gasteiger charge is -2.30. The Morgan fingerprint density at radius 1 is 1.36 bits per heavy atom. The molecular formula is C12H25NO. The van der Waals surface area contributed by atoms with Gasteiger partial charge in [-0.25, -0.2) is 0 Å². The maximum Gasteiger partial charge on any atom is 0.0667 e. The second-order valence-corrected chi connectivity index (χ2v) is 5.76. The van der Waals surface area contributed by atoms with E-state index < -0.39 is 0 Å². The van der Waals surface area contributed by atoms with Crippen LogP contribution >= 0.6 is 0 Å². The minimum atomic E-state index is -0.0709. The summed E-state index contributed by atoms with van der Waals surface area (Å²) in [5.41, 5.74) is 0.453. The standard InChI is InChI=1S/C12H25NO/c1-12(2,3)7-5-9-13-8-4-6-11(14)10-13/h11,14H,4-10H2,1-3H3. The van der Waals surface area contributed by atoms with Crippen molar-refractivity contribution >= 4 is 0 Å². The van der Waals surface area contributed by atoms with Gasteiger partial charge < -0.3 is 10.0 Å². The lowest BCUT2D eigenvalue weighted by Crippen LogP contribution is -2.38. The zero-order valence-electron chi connectivity index (χ0n) is 9.92. The van der Waals surface area contributed by atoms with Crippen molar-refractivity contribution in [2.45, 2.75) is 52.6 Å². The Hall–Kier alpha value is -0.0800. The molecule has 2 heteroatoms. The van der Waals surface area contributed by atoms with E-state index in [1.807, 2.05) is 0 Å². The first kappa shape index (κ1) is 12.0. The molecule has 0 spiro atoms. The van der Waals surface area contributed by atoms with Gasteiger partial charge in [-0.3, -0.25) is 0 Å². The van der Waals surface area contributed by atoms with Crippen molar-refractivity contribution in [2.24, 2.45) is 5.41 Å². The van der Waals surface area contributed by atoms with Gasteiger partial charge in [0.1, 0.15) is 0 Å². The highest BCUT2D eigenvalue weighted by atomic mass is 16.3. The molecule has 0 saturated carbocycles. The molecule has 1 rings (SSSR count). The molecule has 0 amide bonds. The molecule has 1 N–H and O–H groups in total. The Bertz CT molecular complexity index is 162. The van der Waals surface area contributed by atoms with Crippen LogP contribution in [0.2, 0.25) is 0 Å². The zero-order chi connectivity index (χ0) is 10.6. The average Bonchev–Trinajstić information content (AvgIpc) is 2.01. The van der Waals surface area contributed by atoms with Gasteiger partial charge in [0.15, 0.2) is 0 Å². The maximum atomic E-state index is 9.50. The van der Waals surface area contributed by atoms with Gasteiger partial charge in [-0.1, -0.05) is 20.8 Å². The Morgan fingerprint density at radius 3 is 2.64 bits per heavy atom. The normalized spacial score (nSPS) is 25.3. The molecule has 2 nitrogen and oxygen atoms in total. The molecule has 14 heavy (non-hydrogen) atoms.